The molecule has 1 aliphatic rings. The van der Waals surface area contributed by atoms with Crippen molar-refractivity contribution in [3.8, 4) is 0 Å². The number of nitrogens with zero attached hydrogens (tertiary/aromatic N) is 2. The van der Waals surface area contributed by atoms with Gasteiger partial charge in [-0.1, -0.05) is 36.8 Å². The zero-order valence-corrected chi connectivity index (χ0v) is 17.8. The van der Waals surface area contributed by atoms with Gasteiger partial charge in [0.1, 0.15) is 5.76 Å². The highest BCUT2D eigenvalue weighted by Crippen LogP contribution is 2.11. The molecular formula is C24H34N4O2. The summed E-state index contributed by atoms with van der Waals surface area (Å²) in [5, 5.41) is 6.83. The van der Waals surface area contributed by atoms with E-state index in [4.69, 9.17) is 9.41 Å². The lowest BCUT2D eigenvalue weighted by Crippen LogP contribution is -2.39. The Morgan fingerprint density at radius 2 is 1.83 bits per heavy atom. The summed E-state index contributed by atoms with van der Waals surface area (Å²) in [6, 6.07) is 14.3. The molecule has 1 aromatic carbocycles. The molecule has 0 bridgehead atoms. The molecule has 1 fully saturated rings. The first-order valence-electron chi connectivity index (χ1n) is 11.2. The Kier molecular flexibility index (Phi) is 9.31. The molecule has 2 N–H and O–H groups in total. The van der Waals surface area contributed by atoms with Gasteiger partial charge in [-0.2, -0.15) is 0 Å². The van der Waals surface area contributed by atoms with Crippen LogP contribution in [0.3, 0.4) is 0 Å². The van der Waals surface area contributed by atoms with Crippen LogP contribution in [0.2, 0.25) is 0 Å². The molecule has 30 heavy (non-hydrogen) atoms. The Labute approximate surface area is 179 Å². The first kappa shape index (κ1) is 21.9. The van der Waals surface area contributed by atoms with Crippen molar-refractivity contribution >= 4 is 11.9 Å². The number of nitrogens with one attached hydrogen (secondary N) is 2. The van der Waals surface area contributed by atoms with Crippen LogP contribution in [-0.4, -0.2) is 49.5 Å². The van der Waals surface area contributed by atoms with Gasteiger partial charge in [0.05, 0.1) is 6.26 Å². The highest BCUT2D eigenvalue weighted by Gasteiger charge is 2.15. The number of hydrogen-bond acceptors (Lipinski definition) is 3. The zero-order valence-electron chi connectivity index (χ0n) is 17.8. The van der Waals surface area contributed by atoms with Crippen LogP contribution < -0.4 is 10.6 Å². The van der Waals surface area contributed by atoms with E-state index in [0.29, 0.717) is 18.9 Å². The van der Waals surface area contributed by atoms with E-state index in [9.17, 15) is 4.79 Å². The molecule has 0 saturated carbocycles. The Hall–Kier alpha value is -2.76. The third-order valence-electron chi connectivity index (χ3n) is 5.32. The van der Waals surface area contributed by atoms with Crippen molar-refractivity contribution in [3.05, 3.63) is 60.1 Å². The van der Waals surface area contributed by atoms with Gasteiger partial charge in [0.2, 0.25) is 5.91 Å². The second kappa shape index (κ2) is 12.7. The van der Waals surface area contributed by atoms with Gasteiger partial charge in [-0.15, -0.1) is 0 Å². The SMILES string of the molecule is O=C1CCCCCN1CCCN=C(NCCc1ccccc1)NCCc1ccco1. The molecule has 6 nitrogen and oxygen atoms in total. The number of benzene rings is 1. The number of likely N-dealkylation sites (tertiary alicyclic amines) is 1. The summed E-state index contributed by atoms with van der Waals surface area (Å²) in [5.41, 5.74) is 1.31. The minimum atomic E-state index is 0.300. The summed E-state index contributed by atoms with van der Waals surface area (Å²) in [4.78, 5) is 18.9. The highest BCUT2D eigenvalue weighted by molar-refractivity contribution is 5.79. The number of carbonyl (C=O) groups is 1. The number of furan rings is 1. The zero-order chi connectivity index (χ0) is 20.9. The molecule has 0 radical (unpaired) electrons. The summed E-state index contributed by atoms with van der Waals surface area (Å²) < 4.78 is 5.40. The predicted octanol–water partition coefficient (Wildman–Crippen LogP) is 3.39. The lowest BCUT2D eigenvalue weighted by Gasteiger charge is -2.20. The smallest absolute Gasteiger partial charge is 0.222 e. The maximum atomic E-state index is 12.1. The summed E-state index contributed by atoms with van der Waals surface area (Å²) in [5.74, 6) is 2.08. The Morgan fingerprint density at radius 1 is 1.00 bits per heavy atom. The van der Waals surface area contributed by atoms with Crippen LogP contribution in [0, 0.1) is 0 Å². The van der Waals surface area contributed by atoms with E-state index < -0.39 is 0 Å². The number of rotatable bonds is 10. The van der Waals surface area contributed by atoms with Crippen LogP contribution in [0.1, 0.15) is 43.4 Å². The first-order chi connectivity index (χ1) is 14.8. The van der Waals surface area contributed by atoms with Crippen molar-refractivity contribution in [3.63, 3.8) is 0 Å². The molecule has 0 unspecified atom stereocenters. The summed E-state index contributed by atoms with van der Waals surface area (Å²) in [6.45, 7) is 3.97. The lowest BCUT2D eigenvalue weighted by atomic mass is 10.1. The third-order valence-corrected chi connectivity index (χ3v) is 5.32. The van der Waals surface area contributed by atoms with E-state index in [0.717, 1.165) is 76.4 Å². The van der Waals surface area contributed by atoms with Gasteiger partial charge in [-0.05, 0) is 43.4 Å². The van der Waals surface area contributed by atoms with Gasteiger partial charge in [-0.3, -0.25) is 9.79 Å². The lowest BCUT2D eigenvalue weighted by molar-refractivity contribution is -0.130. The van der Waals surface area contributed by atoms with Crippen LogP contribution in [-0.2, 0) is 17.6 Å². The van der Waals surface area contributed by atoms with Gasteiger partial charge >= 0.3 is 0 Å². The third kappa shape index (κ3) is 7.93. The summed E-state index contributed by atoms with van der Waals surface area (Å²) in [7, 11) is 0. The molecule has 0 aliphatic carbocycles. The van der Waals surface area contributed by atoms with Gasteiger partial charge in [0.15, 0.2) is 5.96 Å². The van der Waals surface area contributed by atoms with E-state index in [2.05, 4.69) is 34.9 Å². The van der Waals surface area contributed by atoms with E-state index >= 15 is 0 Å². The highest BCUT2D eigenvalue weighted by atomic mass is 16.3. The van der Waals surface area contributed by atoms with E-state index in [1.54, 1.807) is 6.26 Å². The molecule has 2 heterocycles. The van der Waals surface area contributed by atoms with Crippen molar-refractivity contribution in [2.75, 3.05) is 32.7 Å². The maximum absolute atomic E-state index is 12.1. The molecule has 1 aromatic heterocycles. The number of carbonyl (C=O) groups excluding carboxylic acids is 1. The van der Waals surface area contributed by atoms with Crippen molar-refractivity contribution < 1.29 is 9.21 Å². The van der Waals surface area contributed by atoms with Crippen LogP contribution >= 0.6 is 0 Å². The topological polar surface area (TPSA) is 69.9 Å². The molecule has 1 aliphatic heterocycles. The second-order valence-corrected chi connectivity index (χ2v) is 7.69. The molecule has 6 heteroatoms. The quantitative estimate of drug-likeness (QED) is 0.358. The summed E-state index contributed by atoms with van der Waals surface area (Å²) >= 11 is 0. The van der Waals surface area contributed by atoms with Crippen LogP contribution in [0.15, 0.2) is 58.1 Å². The fourth-order valence-corrected chi connectivity index (χ4v) is 3.63. The number of amides is 1. The molecule has 0 spiro atoms. The Bertz CT molecular complexity index is 759. The monoisotopic (exact) mass is 410 g/mol. The summed E-state index contributed by atoms with van der Waals surface area (Å²) in [6.07, 6.45) is 8.36. The molecule has 1 amide bonds. The van der Waals surface area contributed by atoms with Crippen LogP contribution in [0.5, 0.6) is 0 Å². The minimum Gasteiger partial charge on any atom is -0.469 e. The van der Waals surface area contributed by atoms with Crippen molar-refractivity contribution in [2.24, 2.45) is 4.99 Å². The number of aliphatic imine (C=N–C) groups is 1. The van der Waals surface area contributed by atoms with Crippen molar-refractivity contribution in [1.82, 2.24) is 15.5 Å². The maximum Gasteiger partial charge on any atom is 0.222 e. The molecule has 0 atom stereocenters. The van der Waals surface area contributed by atoms with Crippen molar-refractivity contribution in [2.45, 2.75) is 44.9 Å². The molecule has 2 aromatic rings. The average Bonchev–Trinajstić information content (AvgIpc) is 3.20. The van der Waals surface area contributed by atoms with E-state index in [1.165, 1.54) is 5.56 Å². The largest absolute Gasteiger partial charge is 0.469 e. The standard InChI is InChI=1S/C24H34N4O2/c29-23-12-5-2-6-18-28(23)19-8-15-25-24(27-17-14-22-11-7-20-30-22)26-16-13-21-9-3-1-4-10-21/h1,3-4,7,9-11,20H,2,5-6,8,12-19H2,(H2,25,26,27). The number of hydrogen-bond donors (Lipinski definition) is 2. The van der Waals surface area contributed by atoms with Gasteiger partial charge < -0.3 is 20.0 Å². The van der Waals surface area contributed by atoms with E-state index in [-0.39, 0.29) is 0 Å². The Balaban J connectivity index is 1.44. The molecule has 3 rings (SSSR count). The molecule has 162 valence electrons. The van der Waals surface area contributed by atoms with Gasteiger partial charge in [0.25, 0.3) is 0 Å². The van der Waals surface area contributed by atoms with Crippen LogP contribution in [0.4, 0.5) is 0 Å². The van der Waals surface area contributed by atoms with Gasteiger partial charge in [0, 0.05) is 45.6 Å². The van der Waals surface area contributed by atoms with Crippen LogP contribution in [0.25, 0.3) is 0 Å². The number of guanidine groups is 1. The fraction of sp³-hybridized carbons (Fsp3) is 0.500. The first-order valence-corrected chi connectivity index (χ1v) is 11.2. The second-order valence-electron chi connectivity index (χ2n) is 7.69. The van der Waals surface area contributed by atoms with Crippen molar-refractivity contribution in [1.29, 1.82) is 0 Å². The predicted molar refractivity (Wildman–Crippen MR) is 121 cm³/mol. The molecule has 1 saturated heterocycles. The fourth-order valence-electron chi connectivity index (χ4n) is 3.63. The Morgan fingerprint density at radius 3 is 2.63 bits per heavy atom. The minimum absolute atomic E-state index is 0.300. The normalized spacial score (nSPS) is 15.1. The van der Waals surface area contributed by atoms with E-state index in [1.807, 2.05) is 23.1 Å². The average molecular weight is 411 g/mol. The van der Waals surface area contributed by atoms with Gasteiger partial charge in [-0.25, -0.2) is 0 Å². The molecular weight excluding hydrogens is 376 g/mol.